The average molecular weight is 275 g/mol. The second-order valence-corrected chi connectivity index (χ2v) is 4.42. The van der Waals surface area contributed by atoms with Crippen molar-refractivity contribution < 1.29 is 24.6 Å². The molecule has 0 heterocycles. The first-order valence-corrected chi connectivity index (χ1v) is 6.01. The third-order valence-corrected chi connectivity index (χ3v) is 2.13. The molecule has 8 heteroatoms. The predicted octanol–water partition coefficient (Wildman–Crippen LogP) is -1.11. The van der Waals surface area contributed by atoms with E-state index in [4.69, 9.17) is 10.2 Å². The van der Waals surface area contributed by atoms with Gasteiger partial charge in [-0.2, -0.15) is 0 Å². The molecule has 3 amide bonds. The third kappa shape index (κ3) is 8.83. The van der Waals surface area contributed by atoms with Crippen LogP contribution in [-0.2, 0) is 9.59 Å². The monoisotopic (exact) mass is 275 g/mol. The maximum absolute atomic E-state index is 11.3. The molecular formula is C11H21N3O5. The van der Waals surface area contributed by atoms with E-state index in [-0.39, 0.29) is 18.9 Å². The minimum atomic E-state index is -1.35. The lowest BCUT2D eigenvalue weighted by atomic mass is 10.2. The van der Waals surface area contributed by atoms with Crippen LogP contribution in [0.1, 0.15) is 20.3 Å². The molecule has 19 heavy (non-hydrogen) atoms. The van der Waals surface area contributed by atoms with Gasteiger partial charge in [-0.3, -0.25) is 4.79 Å². The van der Waals surface area contributed by atoms with Crippen molar-refractivity contribution in [2.24, 2.45) is 5.92 Å². The van der Waals surface area contributed by atoms with Crippen LogP contribution in [0.4, 0.5) is 4.79 Å². The molecular weight excluding hydrogens is 254 g/mol. The second-order valence-electron chi connectivity index (χ2n) is 4.42. The lowest BCUT2D eigenvalue weighted by Crippen LogP contribution is -2.48. The summed E-state index contributed by atoms with van der Waals surface area (Å²) in [5, 5.41) is 24.4. The van der Waals surface area contributed by atoms with Crippen LogP contribution in [0, 0.1) is 5.92 Å². The van der Waals surface area contributed by atoms with Crippen molar-refractivity contribution in [3.63, 3.8) is 0 Å². The zero-order chi connectivity index (χ0) is 14.8. The van der Waals surface area contributed by atoms with Gasteiger partial charge in [0.05, 0.1) is 6.61 Å². The van der Waals surface area contributed by atoms with Crippen molar-refractivity contribution in [3.05, 3.63) is 0 Å². The number of aliphatic hydroxyl groups excluding tert-OH is 1. The van der Waals surface area contributed by atoms with Crippen LogP contribution >= 0.6 is 0 Å². The highest BCUT2D eigenvalue weighted by molar-refractivity contribution is 5.83. The molecule has 0 bridgehead atoms. The summed E-state index contributed by atoms with van der Waals surface area (Å²) in [5.41, 5.74) is 0. The molecule has 5 N–H and O–H groups in total. The lowest BCUT2D eigenvalue weighted by molar-refractivity contribution is -0.140. The third-order valence-electron chi connectivity index (χ3n) is 2.13. The van der Waals surface area contributed by atoms with E-state index < -0.39 is 24.6 Å². The molecule has 0 aliphatic heterocycles. The summed E-state index contributed by atoms with van der Waals surface area (Å²) in [4.78, 5) is 33.1. The van der Waals surface area contributed by atoms with E-state index >= 15 is 0 Å². The molecule has 0 aromatic rings. The van der Waals surface area contributed by atoms with E-state index in [2.05, 4.69) is 16.0 Å². The molecule has 110 valence electrons. The Morgan fingerprint density at radius 1 is 1.16 bits per heavy atom. The van der Waals surface area contributed by atoms with Gasteiger partial charge in [-0.05, 0) is 5.92 Å². The van der Waals surface area contributed by atoms with E-state index in [1.807, 2.05) is 13.8 Å². The first-order valence-electron chi connectivity index (χ1n) is 6.01. The van der Waals surface area contributed by atoms with Crippen LogP contribution in [0.3, 0.4) is 0 Å². The van der Waals surface area contributed by atoms with Gasteiger partial charge in [0.1, 0.15) is 0 Å². The maximum atomic E-state index is 11.3. The summed E-state index contributed by atoms with van der Waals surface area (Å²) < 4.78 is 0. The predicted molar refractivity (Wildman–Crippen MR) is 67.5 cm³/mol. The Labute approximate surface area is 111 Å². The summed E-state index contributed by atoms with van der Waals surface area (Å²) in [6, 6.07) is -2.09. The molecule has 0 saturated heterocycles. The van der Waals surface area contributed by atoms with Crippen LogP contribution in [0.2, 0.25) is 0 Å². The summed E-state index contributed by atoms with van der Waals surface area (Å²) in [6.07, 6.45) is 0.108. The lowest BCUT2D eigenvalue weighted by Gasteiger charge is -2.12. The normalized spacial score (nSPS) is 11.8. The number of carbonyl (C=O) groups excluding carboxylic acids is 2. The highest BCUT2D eigenvalue weighted by Gasteiger charge is 2.18. The molecule has 0 aliphatic rings. The molecule has 0 rings (SSSR count). The number of rotatable bonds is 8. The van der Waals surface area contributed by atoms with Crippen LogP contribution in [0.25, 0.3) is 0 Å². The fourth-order valence-corrected chi connectivity index (χ4v) is 1.09. The number of aliphatic carboxylic acids is 1. The number of nitrogens with one attached hydrogen (secondary N) is 3. The number of urea groups is 1. The van der Waals surface area contributed by atoms with Crippen LogP contribution in [-0.4, -0.2) is 53.9 Å². The fraction of sp³-hybridized carbons (Fsp3) is 0.727. The van der Waals surface area contributed by atoms with Crippen molar-refractivity contribution in [3.8, 4) is 0 Å². The van der Waals surface area contributed by atoms with Gasteiger partial charge in [-0.1, -0.05) is 13.8 Å². The van der Waals surface area contributed by atoms with Crippen LogP contribution < -0.4 is 16.0 Å². The number of carboxylic acids is 1. The Morgan fingerprint density at radius 3 is 2.26 bits per heavy atom. The van der Waals surface area contributed by atoms with Gasteiger partial charge in [0, 0.05) is 19.5 Å². The quantitative estimate of drug-likeness (QED) is 0.384. The summed E-state index contributed by atoms with van der Waals surface area (Å²) in [6.45, 7) is 3.89. The standard InChI is InChI=1S/C11H21N3O5/c1-7(2)5-13-9(16)3-4-12-11(19)14-8(6-15)10(17)18/h7-8,15H,3-6H2,1-2H3,(H,13,16)(H,17,18)(H2,12,14,19)/t8-/m0/s1. The molecule has 0 saturated carbocycles. The van der Waals surface area contributed by atoms with E-state index in [1.165, 1.54) is 0 Å². The molecule has 0 aromatic carbocycles. The Morgan fingerprint density at radius 2 is 1.79 bits per heavy atom. The smallest absolute Gasteiger partial charge is 0.328 e. The molecule has 0 unspecified atom stereocenters. The van der Waals surface area contributed by atoms with Crippen LogP contribution in [0.15, 0.2) is 0 Å². The van der Waals surface area contributed by atoms with Gasteiger partial charge in [-0.25, -0.2) is 9.59 Å². The van der Waals surface area contributed by atoms with Crippen molar-refractivity contribution in [2.75, 3.05) is 19.7 Å². The second kappa shape index (κ2) is 9.15. The summed E-state index contributed by atoms with van der Waals surface area (Å²) in [5.74, 6) is -1.17. The molecule has 0 radical (unpaired) electrons. The van der Waals surface area contributed by atoms with Crippen molar-refractivity contribution >= 4 is 17.9 Å². The number of carboxylic acid groups (broad SMARTS) is 1. The summed E-state index contributed by atoms with van der Waals surface area (Å²) in [7, 11) is 0. The topological polar surface area (TPSA) is 128 Å². The Bertz CT molecular complexity index is 319. The average Bonchev–Trinajstić information content (AvgIpc) is 2.33. The van der Waals surface area contributed by atoms with E-state index in [0.717, 1.165) is 0 Å². The molecule has 0 aliphatic carbocycles. The minimum Gasteiger partial charge on any atom is -0.480 e. The number of aliphatic hydroxyl groups is 1. The number of hydrogen-bond donors (Lipinski definition) is 5. The van der Waals surface area contributed by atoms with Gasteiger partial charge in [0.2, 0.25) is 5.91 Å². The molecule has 1 atom stereocenters. The van der Waals surface area contributed by atoms with Gasteiger partial charge in [0.25, 0.3) is 0 Å². The van der Waals surface area contributed by atoms with Crippen molar-refractivity contribution in [1.82, 2.24) is 16.0 Å². The molecule has 0 aromatic heterocycles. The zero-order valence-corrected chi connectivity index (χ0v) is 11.1. The Kier molecular flexibility index (Phi) is 8.27. The van der Waals surface area contributed by atoms with Crippen molar-refractivity contribution in [2.45, 2.75) is 26.3 Å². The first kappa shape index (κ1) is 17.2. The molecule has 8 nitrogen and oxygen atoms in total. The molecule has 0 fully saturated rings. The van der Waals surface area contributed by atoms with E-state index in [1.54, 1.807) is 0 Å². The Balaban J connectivity index is 3.79. The molecule has 0 spiro atoms. The fourth-order valence-electron chi connectivity index (χ4n) is 1.09. The Hall–Kier alpha value is -1.83. The van der Waals surface area contributed by atoms with Gasteiger partial charge >= 0.3 is 12.0 Å². The number of amides is 3. The van der Waals surface area contributed by atoms with E-state index in [9.17, 15) is 14.4 Å². The largest absolute Gasteiger partial charge is 0.480 e. The highest BCUT2D eigenvalue weighted by atomic mass is 16.4. The number of hydrogen-bond acceptors (Lipinski definition) is 4. The van der Waals surface area contributed by atoms with E-state index in [0.29, 0.717) is 12.5 Å². The summed E-state index contributed by atoms with van der Waals surface area (Å²) >= 11 is 0. The van der Waals surface area contributed by atoms with Gasteiger partial charge < -0.3 is 26.2 Å². The zero-order valence-electron chi connectivity index (χ0n) is 11.1. The SMILES string of the molecule is CC(C)CNC(=O)CCNC(=O)N[C@@H](CO)C(=O)O. The highest BCUT2D eigenvalue weighted by Crippen LogP contribution is 1.88. The van der Waals surface area contributed by atoms with Crippen molar-refractivity contribution in [1.29, 1.82) is 0 Å². The minimum absolute atomic E-state index is 0.0908. The van der Waals surface area contributed by atoms with Gasteiger partial charge in [0.15, 0.2) is 6.04 Å². The van der Waals surface area contributed by atoms with Gasteiger partial charge in [-0.15, -0.1) is 0 Å². The van der Waals surface area contributed by atoms with Crippen LogP contribution in [0.5, 0.6) is 0 Å². The first-order chi connectivity index (χ1) is 8.86. The number of carbonyl (C=O) groups is 3. The maximum Gasteiger partial charge on any atom is 0.328 e.